The molecule has 25 heavy (non-hydrogen) atoms. The second-order valence-electron chi connectivity index (χ2n) is 6.07. The summed E-state index contributed by atoms with van der Waals surface area (Å²) in [4.78, 5) is 22.3. The van der Waals surface area contributed by atoms with Gasteiger partial charge in [0.1, 0.15) is 5.69 Å². The molecular formula is C21H21N3O. The molecule has 0 atom stereocenters. The van der Waals surface area contributed by atoms with E-state index in [1.807, 2.05) is 55.5 Å². The Hall–Kier alpha value is -2.85. The largest absolute Gasteiger partial charge is 0.296 e. The lowest BCUT2D eigenvalue weighted by atomic mass is 10.2. The van der Waals surface area contributed by atoms with Crippen molar-refractivity contribution in [3.8, 4) is 0 Å². The lowest BCUT2D eigenvalue weighted by Crippen LogP contribution is -2.23. The maximum atomic E-state index is 11.0. The van der Waals surface area contributed by atoms with Crippen molar-refractivity contribution >= 4 is 6.29 Å². The molecule has 0 amide bonds. The van der Waals surface area contributed by atoms with E-state index in [1.165, 1.54) is 5.56 Å². The highest BCUT2D eigenvalue weighted by molar-refractivity contribution is 5.71. The van der Waals surface area contributed by atoms with E-state index in [-0.39, 0.29) is 0 Å². The molecule has 2 aromatic heterocycles. The van der Waals surface area contributed by atoms with E-state index in [2.05, 4.69) is 27.0 Å². The Morgan fingerprint density at radius 2 is 1.48 bits per heavy atom. The number of pyridine rings is 2. The van der Waals surface area contributed by atoms with Crippen LogP contribution in [-0.2, 0) is 19.6 Å². The summed E-state index contributed by atoms with van der Waals surface area (Å²) in [7, 11) is 0. The molecule has 3 aromatic rings. The number of hydrogen-bond donors (Lipinski definition) is 0. The zero-order valence-electron chi connectivity index (χ0n) is 14.3. The number of carbonyl (C=O) groups excluding carboxylic acids is 1. The predicted molar refractivity (Wildman–Crippen MR) is 98.0 cm³/mol. The Bertz CT molecular complexity index is 833. The fraction of sp³-hybridized carbons (Fsp3) is 0.190. The molecule has 0 radical (unpaired) electrons. The van der Waals surface area contributed by atoms with Crippen LogP contribution in [0.4, 0.5) is 0 Å². The summed E-state index contributed by atoms with van der Waals surface area (Å²) >= 11 is 0. The van der Waals surface area contributed by atoms with Crippen LogP contribution < -0.4 is 0 Å². The van der Waals surface area contributed by atoms with Crippen LogP contribution in [0.25, 0.3) is 0 Å². The van der Waals surface area contributed by atoms with Gasteiger partial charge in [-0.2, -0.15) is 0 Å². The fourth-order valence-electron chi connectivity index (χ4n) is 2.81. The molecule has 4 heteroatoms. The zero-order chi connectivity index (χ0) is 17.5. The second-order valence-corrected chi connectivity index (χ2v) is 6.07. The number of carbonyl (C=O) groups is 1. The van der Waals surface area contributed by atoms with Crippen LogP contribution in [0.15, 0.2) is 66.7 Å². The third kappa shape index (κ3) is 5.06. The van der Waals surface area contributed by atoms with Gasteiger partial charge >= 0.3 is 0 Å². The Kier molecular flexibility index (Phi) is 5.65. The molecule has 1 aromatic carbocycles. The van der Waals surface area contributed by atoms with Gasteiger partial charge in [-0.25, -0.2) is 4.98 Å². The summed E-state index contributed by atoms with van der Waals surface area (Å²) in [5, 5.41) is 0. The van der Waals surface area contributed by atoms with Crippen molar-refractivity contribution in [2.75, 3.05) is 0 Å². The third-order valence-corrected chi connectivity index (χ3v) is 3.92. The average Bonchev–Trinajstić information content (AvgIpc) is 2.63. The van der Waals surface area contributed by atoms with Crippen LogP contribution in [0.1, 0.15) is 33.1 Å². The maximum absolute atomic E-state index is 11.0. The first-order valence-electron chi connectivity index (χ1n) is 8.33. The highest BCUT2D eigenvalue weighted by Crippen LogP contribution is 2.13. The van der Waals surface area contributed by atoms with Crippen molar-refractivity contribution in [1.29, 1.82) is 0 Å². The molecular weight excluding hydrogens is 310 g/mol. The van der Waals surface area contributed by atoms with Crippen molar-refractivity contribution in [2.24, 2.45) is 0 Å². The molecule has 4 nitrogen and oxygen atoms in total. The predicted octanol–water partition coefficient (Wildman–Crippen LogP) is 3.80. The topological polar surface area (TPSA) is 46.1 Å². The maximum Gasteiger partial charge on any atom is 0.168 e. The van der Waals surface area contributed by atoms with E-state index in [1.54, 1.807) is 6.07 Å². The van der Waals surface area contributed by atoms with Crippen LogP contribution >= 0.6 is 0 Å². The number of aromatic nitrogens is 2. The number of hydrogen-bond acceptors (Lipinski definition) is 4. The van der Waals surface area contributed by atoms with E-state index in [0.717, 1.165) is 36.5 Å². The molecule has 0 aliphatic heterocycles. The third-order valence-electron chi connectivity index (χ3n) is 3.92. The van der Waals surface area contributed by atoms with Crippen LogP contribution in [-0.4, -0.2) is 21.2 Å². The summed E-state index contributed by atoms with van der Waals surface area (Å²) in [5.41, 5.74) is 4.63. The Morgan fingerprint density at radius 3 is 2.16 bits per heavy atom. The lowest BCUT2D eigenvalue weighted by Gasteiger charge is -2.22. The van der Waals surface area contributed by atoms with Crippen LogP contribution in [0, 0.1) is 6.92 Å². The average molecular weight is 331 g/mol. The highest BCUT2D eigenvalue weighted by atomic mass is 16.1. The monoisotopic (exact) mass is 331 g/mol. The van der Waals surface area contributed by atoms with Gasteiger partial charge in [-0.05, 0) is 36.8 Å². The van der Waals surface area contributed by atoms with Gasteiger partial charge in [-0.3, -0.25) is 14.7 Å². The van der Waals surface area contributed by atoms with Gasteiger partial charge in [-0.1, -0.05) is 42.5 Å². The number of aldehydes is 1. The molecule has 2 heterocycles. The van der Waals surface area contributed by atoms with Gasteiger partial charge in [0.15, 0.2) is 6.29 Å². The summed E-state index contributed by atoms with van der Waals surface area (Å²) in [6, 6.07) is 22.0. The number of benzene rings is 1. The van der Waals surface area contributed by atoms with Crippen molar-refractivity contribution in [1.82, 2.24) is 14.9 Å². The molecule has 0 N–H and O–H groups in total. The van der Waals surface area contributed by atoms with Gasteiger partial charge in [0.2, 0.25) is 0 Å². The van der Waals surface area contributed by atoms with E-state index < -0.39 is 0 Å². The molecule has 0 fully saturated rings. The van der Waals surface area contributed by atoms with Gasteiger partial charge < -0.3 is 0 Å². The first kappa shape index (κ1) is 17.0. The summed E-state index contributed by atoms with van der Waals surface area (Å²) in [6.45, 7) is 4.18. The molecule has 0 aliphatic rings. The number of aryl methyl sites for hydroxylation is 1. The smallest absolute Gasteiger partial charge is 0.168 e. The molecule has 3 rings (SSSR count). The minimum atomic E-state index is 0.464. The Labute approximate surface area is 148 Å². The fourth-order valence-corrected chi connectivity index (χ4v) is 2.81. The molecule has 0 bridgehead atoms. The normalized spacial score (nSPS) is 10.8. The first-order chi connectivity index (χ1) is 12.2. The standard InChI is InChI=1S/C21H21N3O/c1-17-7-5-10-19(22-17)14-24(13-18-8-3-2-4-9-18)15-20-11-6-12-21(16-25)23-20/h2-12,16H,13-15H2,1H3. The SMILES string of the molecule is Cc1cccc(CN(Cc2ccccc2)Cc2cccc(C=O)n2)n1. The molecule has 0 unspecified atom stereocenters. The highest BCUT2D eigenvalue weighted by Gasteiger charge is 2.10. The minimum Gasteiger partial charge on any atom is -0.296 e. The van der Waals surface area contributed by atoms with Gasteiger partial charge in [0.25, 0.3) is 0 Å². The lowest BCUT2D eigenvalue weighted by molar-refractivity contribution is 0.111. The van der Waals surface area contributed by atoms with Crippen LogP contribution in [0.2, 0.25) is 0 Å². The van der Waals surface area contributed by atoms with Gasteiger partial charge in [-0.15, -0.1) is 0 Å². The Balaban J connectivity index is 1.81. The molecule has 0 aliphatic carbocycles. The molecule has 0 saturated heterocycles. The molecule has 126 valence electrons. The van der Waals surface area contributed by atoms with E-state index in [0.29, 0.717) is 12.2 Å². The number of rotatable bonds is 7. The number of nitrogens with zero attached hydrogens (tertiary/aromatic N) is 3. The summed E-state index contributed by atoms with van der Waals surface area (Å²) in [6.07, 6.45) is 0.785. The van der Waals surface area contributed by atoms with Crippen molar-refractivity contribution < 1.29 is 4.79 Å². The quantitative estimate of drug-likeness (QED) is 0.618. The molecule has 0 spiro atoms. The summed E-state index contributed by atoms with van der Waals surface area (Å²) in [5.74, 6) is 0. The van der Waals surface area contributed by atoms with Crippen molar-refractivity contribution in [3.63, 3.8) is 0 Å². The zero-order valence-corrected chi connectivity index (χ0v) is 14.3. The van der Waals surface area contributed by atoms with E-state index in [9.17, 15) is 4.79 Å². The van der Waals surface area contributed by atoms with Crippen molar-refractivity contribution in [2.45, 2.75) is 26.6 Å². The van der Waals surface area contributed by atoms with E-state index >= 15 is 0 Å². The van der Waals surface area contributed by atoms with Crippen LogP contribution in [0.3, 0.4) is 0 Å². The summed E-state index contributed by atoms with van der Waals surface area (Å²) < 4.78 is 0. The van der Waals surface area contributed by atoms with Gasteiger partial charge in [0.05, 0.1) is 11.4 Å². The second kappa shape index (κ2) is 8.31. The van der Waals surface area contributed by atoms with E-state index in [4.69, 9.17) is 0 Å². The van der Waals surface area contributed by atoms with Gasteiger partial charge in [0, 0.05) is 25.3 Å². The van der Waals surface area contributed by atoms with Crippen LogP contribution in [0.5, 0.6) is 0 Å². The minimum absolute atomic E-state index is 0.464. The first-order valence-corrected chi connectivity index (χ1v) is 8.33. The Morgan fingerprint density at radius 1 is 0.800 bits per heavy atom. The molecule has 0 saturated carbocycles. The van der Waals surface area contributed by atoms with Crippen molar-refractivity contribution in [3.05, 3.63) is 95.1 Å².